The van der Waals surface area contributed by atoms with Crippen molar-refractivity contribution in [2.75, 3.05) is 6.61 Å². The molecule has 1 fully saturated rings. The molecule has 1 aromatic carbocycles. The van der Waals surface area contributed by atoms with Crippen molar-refractivity contribution >= 4 is 0 Å². The molecule has 3 rings (SSSR count). The first kappa shape index (κ1) is 17.6. The second kappa shape index (κ2) is 8.24. The molecule has 24 heavy (non-hydrogen) atoms. The molecule has 3 heteroatoms. The van der Waals surface area contributed by atoms with Crippen molar-refractivity contribution in [3.8, 4) is 11.5 Å². The number of phenolic OH excluding ortho intramolecular Hbond substituents is 1. The van der Waals surface area contributed by atoms with Crippen LogP contribution in [0.2, 0.25) is 0 Å². The lowest BCUT2D eigenvalue weighted by atomic mass is 9.72. The number of aromatic hydroxyl groups is 1. The fraction of sp³-hybridized carbons (Fsp3) is 0.714. The fourth-order valence-corrected chi connectivity index (χ4v) is 4.43. The van der Waals surface area contributed by atoms with Crippen molar-refractivity contribution < 1.29 is 9.84 Å². The highest BCUT2D eigenvalue weighted by Crippen LogP contribution is 2.48. The van der Waals surface area contributed by atoms with E-state index in [2.05, 4.69) is 13.0 Å². The second-order valence-corrected chi connectivity index (χ2v) is 7.80. The second-order valence-electron chi connectivity index (χ2n) is 7.80. The van der Waals surface area contributed by atoms with Gasteiger partial charge in [0.15, 0.2) is 0 Å². The zero-order valence-corrected chi connectivity index (χ0v) is 15.1. The number of rotatable bonds is 7. The summed E-state index contributed by atoms with van der Waals surface area (Å²) in [6.07, 6.45) is 12.0. The number of ether oxygens (including phenoxy) is 1. The SMILES string of the molecule is CCCCCCCCc1cc(O)c2c(c1)OCC1CCC(N)CC21. The minimum atomic E-state index is 0.263. The summed E-state index contributed by atoms with van der Waals surface area (Å²) >= 11 is 0. The van der Waals surface area contributed by atoms with Gasteiger partial charge in [-0.1, -0.05) is 39.0 Å². The van der Waals surface area contributed by atoms with Gasteiger partial charge in [-0.25, -0.2) is 0 Å². The number of unbranched alkanes of at least 4 members (excludes halogenated alkanes) is 5. The smallest absolute Gasteiger partial charge is 0.126 e. The molecule has 1 aliphatic carbocycles. The van der Waals surface area contributed by atoms with Crippen LogP contribution in [0, 0.1) is 5.92 Å². The standard InChI is InChI=1S/C21H33NO2/c1-2-3-4-5-6-7-8-15-11-19(23)21-18-13-17(22)10-9-16(18)14-24-20(21)12-15/h11-12,16-18,23H,2-10,13-14,22H2,1H3. The Hall–Kier alpha value is -1.22. The molecule has 0 saturated heterocycles. The molecule has 1 aromatic rings. The number of hydrogen-bond donors (Lipinski definition) is 2. The molecule has 134 valence electrons. The van der Waals surface area contributed by atoms with Crippen LogP contribution in [0.3, 0.4) is 0 Å². The van der Waals surface area contributed by atoms with E-state index in [0.717, 1.165) is 43.6 Å². The molecule has 0 bridgehead atoms. The van der Waals surface area contributed by atoms with Gasteiger partial charge in [0, 0.05) is 17.5 Å². The Morgan fingerprint density at radius 2 is 1.92 bits per heavy atom. The molecule has 3 N–H and O–H groups in total. The third-order valence-corrected chi connectivity index (χ3v) is 5.86. The fourth-order valence-electron chi connectivity index (χ4n) is 4.43. The zero-order chi connectivity index (χ0) is 16.9. The number of benzene rings is 1. The molecule has 0 aromatic heterocycles. The lowest BCUT2D eigenvalue weighted by molar-refractivity contribution is 0.146. The summed E-state index contributed by atoms with van der Waals surface area (Å²) in [6, 6.07) is 4.40. The minimum Gasteiger partial charge on any atom is -0.508 e. The van der Waals surface area contributed by atoms with E-state index >= 15 is 0 Å². The Kier molecular flexibility index (Phi) is 6.04. The maximum atomic E-state index is 10.6. The third-order valence-electron chi connectivity index (χ3n) is 5.86. The minimum absolute atomic E-state index is 0.263. The van der Waals surface area contributed by atoms with Crippen LogP contribution >= 0.6 is 0 Å². The van der Waals surface area contributed by atoms with Gasteiger partial charge < -0.3 is 15.6 Å². The van der Waals surface area contributed by atoms with E-state index in [4.69, 9.17) is 10.5 Å². The number of aryl methyl sites for hydroxylation is 1. The van der Waals surface area contributed by atoms with Crippen molar-refractivity contribution in [2.45, 2.75) is 83.1 Å². The quantitative estimate of drug-likeness (QED) is 0.699. The molecule has 3 unspecified atom stereocenters. The van der Waals surface area contributed by atoms with Crippen LogP contribution in [0.15, 0.2) is 12.1 Å². The number of phenols is 1. The normalized spacial score (nSPS) is 25.7. The summed E-state index contributed by atoms with van der Waals surface area (Å²) in [6.45, 7) is 3.03. The van der Waals surface area contributed by atoms with E-state index in [1.165, 1.54) is 44.1 Å². The largest absolute Gasteiger partial charge is 0.508 e. The molecule has 3 nitrogen and oxygen atoms in total. The molecule has 0 amide bonds. The maximum absolute atomic E-state index is 10.6. The van der Waals surface area contributed by atoms with Crippen molar-refractivity contribution in [1.29, 1.82) is 0 Å². The van der Waals surface area contributed by atoms with Gasteiger partial charge in [-0.3, -0.25) is 0 Å². The van der Waals surface area contributed by atoms with Gasteiger partial charge in [-0.05, 0) is 55.7 Å². The molecule has 0 spiro atoms. The van der Waals surface area contributed by atoms with Crippen LogP contribution in [-0.4, -0.2) is 17.8 Å². The highest BCUT2D eigenvalue weighted by Gasteiger charge is 2.37. The highest BCUT2D eigenvalue weighted by molar-refractivity contribution is 5.51. The Morgan fingerprint density at radius 1 is 1.12 bits per heavy atom. The number of hydrogen-bond acceptors (Lipinski definition) is 3. The molecule has 1 saturated carbocycles. The van der Waals surface area contributed by atoms with E-state index in [0.29, 0.717) is 17.6 Å². The van der Waals surface area contributed by atoms with Crippen molar-refractivity contribution in [1.82, 2.24) is 0 Å². The summed E-state index contributed by atoms with van der Waals surface area (Å²) in [5.41, 5.74) is 8.40. The third kappa shape index (κ3) is 4.05. The van der Waals surface area contributed by atoms with Gasteiger partial charge in [0.2, 0.25) is 0 Å². The monoisotopic (exact) mass is 331 g/mol. The first-order valence-electron chi connectivity index (χ1n) is 9.93. The van der Waals surface area contributed by atoms with Gasteiger partial charge >= 0.3 is 0 Å². The van der Waals surface area contributed by atoms with Crippen molar-refractivity contribution in [3.63, 3.8) is 0 Å². The van der Waals surface area contributed by atoms with Gasteiger partial charge in [0.1, 0.15) is 11.5 Å². The Morgan fingerprint density at radius 3 is 2.75 bits per heavy atom. The van der Waals surface area contributed by atoms with Crippen LogP contribution in [0.5, 0.6) is 11.5 Å². The van der Waals surface area contributed by atoms with Crippen LogP contribution in [0.1, 0.15) is 81.8 Å². The topological polar surface area (TPSA) is 55.5 Å². The lowest BCUT2D eigenvalue weighted by Crippen LogP contribution is -2.37. The van der Waals surface area contributed by atoms with Crippen LogP contribution < -0.4 is 10.5 Å². The Bertz CT molecular complexity index is 543. The molecular weight excluding hydrogens is 298 g/mol. The van der Waals surface area contributed by atoms with Gasteiger partial charge in [-0.2, -0.15) is 0 Å². The molecule has 2 aliphatic rings. The van der Waals surface area contributed by atoms with Crippen LogP contribution in [-0.2, 0) is 6.42 Å². The Labute approximate surface area is 146 Å². The summed E-state index contributed by atoms with van der Waals surface area (Å²) < 4.78 is 6.01. The number of nitrogens with two attached hydrogens (primary N) is 1. The zero-order valence-electron chi connectivity index (χ0n) is 15.1. The lowest BCUT2D eigenvalue weighted by Gasteiger charge is -2.39. The highest BCUT2D eigenvalue weighted by atomic mass is 16.5. The van der Waals surface area contributed by atoms with E-state index in [1.807, 2.05) is 6.07 Å². The predicted molar refractivity (Wildman–Crippen MR) is 98.7 cm³/mol. The molecule has 0 radical (unpaired) electrons. The number of fused-ring (bicyclic) bond motifs is 3. The summed E-state index contributed by atoms with van der Waals surface area (Å²) in [7, 11) is 0. The van der Waals surface area contributed by atoms with E-state index in [-0.39, 0.29) is 6.04 Å². The van der Waals surface area contributed by atoms with Gasteiger partial charge in [0.05, 0.1) is 6.61 Å². The first-order chi connectivity index (χ1) is 11.7. The van der Waals surface area contributed by atoms with Gasteiger partial charge in [0.25, 0.3) is 0 Å². The molecule has 1 aliphatic heterocycles. The average molecular weight is 332 g/mol. The first-order valence-corrected chi connectivity index (χ1v) is 9.93. The molecule has 3 atom stereocenters. The molecule has 1 heterocycles. The van der Waals surface area contributed by atoms with E-state index in [1.54, 1.807) is 0 Å². The summed E-state index contributed by atoms with van der Waals surface area (Å²) in [4.78, 5) is 0. The molecular formula is C21H33NO2. The summed E-state index contributed by atoms with van der Waals surface area (Å²) in [5.74, 6) is 2.23. The van der Waals surface area contributed by atoms with E-state index in [9.17, 15) is 5.11 Å². The summed E-state index contributed by atoms with van der Waals surface area (Å²) in [5, 5.41) is 10.6. The maximum Gasteiger partial charge on any atom is 0.126 e. The van der Waals surface area contributed by atoms with Crippen molar-refractivity contribution in [3.05, 3.63) is 23.3 Å². The van der Waals surface area contributed by atoms with Gasteiger partial charge in [-0.15, -0.1) is 0 Å². The Balaban J connectivity index is 1.63. The van der Waals surface area contributed by atoms with Crippen LogP contribution in [0.4, 0.5) is 0 Å². The predicted octanol–water partition coefficient (Wildman–Crippen LogP) is 4.90. The average Bonchev–Trinajstić information content (AvgIpc) is 2.57. The van der Waals surface area contributed by atoms with E-state index < -0.39 is 0 Å². The van der Waals surface area contributed by atoms with Crippen molar-refractivity contribution in [2.24, 2.45) is 11.7 Å². The van der Waals surface area contributed by atoms with Crippen LogP contribution in [0.25, 0.3) is 0 Å².